The summed E-state index contributed by atoms with van der Waals surface area (Å²) in [6.07, 6.45) is 4.00. The van der Waals surface area contributed by atoms with Gasteiger partial charge < -0.3 is 10.1 Å². The van der Waals surface area contributed by atoms with Crippen LogP contribution in [0.15, 0.2) is 0 Å². The first kappa shape index (κ1) is 15.2. The third-order valence-corrected chi connectivity index (χ3v) is 5.69. The van der Waals surface area contributed by atoms with Gasteiger partial charge in [-0.2, -0.15) is 0 Å². The summed E-state index contributed by atoms with van der Waals surface area (Å²) in [6, 6.07) is 0.209. The molecule has 19 heavy (non-hydrogen) atoms. The van der Waals surface area contributed by atoms with Crippen molar-refractivity contribution in [1.29, 1.82) is 0 Å². The van der Waals surface area contributed by atoms with Crippen molar-refractivity contribution < 1.29 is 13.2 Å². The normalized spacial score (nSPS) is 31.5. The van der Waals surface area contributed by atoms with E-state index >= 15 is 0 Å². The predicted octanol–water partition coefficient (Wildman–Crippen LogP) is 0.863. The summed E-state index contributed by atoms with van der Waals surface area (Å²) in [6.45, 7) is 6.53. The third kappa shape index (κ3) is 4.41. The molecule has 2 unspecified atom stereocenters. The number of rotatable bonds is 5. The second-order valence-electron chi connectivity index (χ2n) is 6.36. The molecule has 0 aromatic rings. The average Bonchev–Trinajstić information content (AvgIpc) is 2.79. The van der Waals surface area contributed by atoms with Gasteiger partial charge in [-0.3, -0.25) is 0 Å². The van der Waals surface area contributed by atoms with Crippen LogP contribution >= 0.6 is 0 Å². The van der Waals surface area contributed by atoms with Crippen molar-refractivity contribution in [3.05, 3.63) is 0 Å². The smallest absolute Gasteiger partial charge is 0.214 e. The van der Waals surface area contributed by atoms with Gasteiger partial charge >= 0.3 is 0 Å². The summed E-state index contributed by atoms with van der Waals surface area (Å²) in [5.74, 6) is 0.0974. The van der Waals surface area contributed by atoms with E-state index in [1.165, 1.54) is 0 Å². The molecule has 2 fully saturated rings. The van der Waals surface area contributed by atoms with Crippen LogP contribution in [0.5, 0.6) is 0 Å². The molecule has 0 bridgehead atoms. The number of hydrogen-bond acceptors (Lipinski definition) is 4. The van der Waals surface area contributed by atoms with Crippen molar-refractivity contribution in [2.45, 2.75) is 51.7 Å². The maximum atomic E-state index is 12.0. The molecule has 5 nitrogen and oxygen atoms in total. The van der Waals surface area contributed by atoms with Crippen molar-refractivity contribution in [2.75, 3.05) is 25.4 Å². The monoisotopic (exact) mass is 290 g/mol. The highest BCUT2D eigenvalue weighted by Gasteiger charge is 2.33. The topological polar surface area (TPSA) is 67.4 Å². The molecule has 2 rings (SSSR count). The Labute approximate surface area is 116 Å². The minimum Gasteiger partial charge on any atom is -0.377 e. The van der Waals surface area contributed by atoms with Crippen LogP contribution in [0, 0.1) is 5.41 Å². The van der Waals surface area contributed by atoms with Crippen LogP contribution in [-0.4, -0.2) is 46.0 Å². The zero-order chi connectivity index (χ0) is 13.9. The molecule has 0 radical (unpaired) electrons. The molecule has 6 heteroatoms. The van der Waals surface area contributed by atoms with Crippen LogP contribution in [0.4, 0.5) is 0 Å². The molecule has 2 atom stereocenters. The second kappa shape index (κ2) is 6.08. The Bertz CT molecular complexity index is 389. The maximum absolute atomic E-state index is 12.0. The van der Waals surface area contributed by atoms with Gasteiger partial charge in [0.05, 0.1) is 11.9 Å². The Morgan fingerprint density at radius 1 is 1.37 bits per heavy atom. The van der Waals surface area contributed by atoms with E-state index in [1.807, 2.05) is 0 Å². The van der Waals surface area contributed by atoms with Gasteiger partial charge in [0.2, 0.25) is 10.0 Å². The number of nitrogens with one attached hydrogen (secondary N) is 2. The molecule has 2 N–H and O–H groups in total. The van der Waals surface area contributed by atoms with Crippen LogP contribution in [0.2, 0.25) is 0 Å². The van der Waals surface area contributed by atoms with Crippen LogP contribution in [0.25, 0.3) is 0 Å². The van der Waals surface area contributed by atoms with E-state index in [9.17, 15) is 8.42 Å². The molecule has 2 aliphatic rings. The third-order valence-electron chi connectivity index (χ3n) is 4.27. The molecule has 112 valence electrons. The second-order valence-corrected chi connectivity index (χ2v) is 8.22. The van der Waals surface area contributed by atoms with E-state index in [4.69, 9.17) is 4.74 Å². The van der Waals surface area contributed by atoms with Crippen LogP contribution in [0.3, 0.4) is 0 Å². The van der Waals surface area contributed by atoms with Gasteiger partial charge in [0.15, 0.2) is 0 Å². The highest BCUT2D eigenvalue weighted by atomic mass is 32.2. The van der Waals surface area contributed by atoms with Crippen LogP contribution in [0.1, 0.15) is 39.5 Å². The van der Waals surface area contributed by atoms with Crippen LogP contribution in [-0.2, 0) is 14.8 Å². The van der Waals surface area contributed by atoms with Crippen molar-refractivity contribution in [3.8, 4) is 0 Å². The molecular formula is C13H26N2O3S. The fourth-order valence-corrected chi connectivity index (χ4v) is 4.20. The predicted molar refractivity (Wildman–Crippen MR) is 75.6 cm³/mol. The number of piperidine rings is 1. The molecule has 0 aromatic carbocycles. The van der Waals surface area contributed by atoms with Crippen LogP contribution < -0.4 is 10.0 Å². The van der Waals surface area contributed by atoms with Crippen molar-refractivity contribution in [2.24, 2.45) is 5.41 Å². The van der Waals surface area contributed by atoms with E-state index < -0.39 is 10.0 Å². The van der Waals surface area contributed by atoms with E-state index in [0.717, 1.165) is 32.2 Å². The fourth-order valence-electron chi connectivity index (χ4n) is 2.91. The quantitative estimate of drug-likeness (QED) is 0.788. The summed E-state index contributed by atoms with van der Waals surface area (Å²) in [4.78, 5) is 0. The molecule has 0 spiro atoms. The lowest BCUT2D eigenvalue weighted by Crippen LogP contribution is -2.53. The van der Waals surface area contributed by atoms with E-state index in [-0.39, 0.29) is 23.3 Å². The molecule has 2 heterocycles. The van der Waals surface area contributed by atoms with Crippen molar-refractivity contribution in [1.82, 2.24) is 10.0 Å². The molecule has 2 aliphatic heterocycles. The zero-order valence-corrected chi connectivity index (χ0v) is 12.8. The first-order valence-corrected chi connectivity index (χ1v) is 8.87. The van der Waals surface area contributed by atoms with Gasteiger partial charge in [0, 0.05) is 19.2 Å². The molecule has 0 aromatic heterocycles. The van der Waals surface area contributed by atoms with Crippen molar-refractivity contribution >= 4 is 10.0 Å². The van der Waals surface area contributed by atoms with Gasteiger partial charge in [0.1, 0.15) is 0 Å². The van der Waals surface area contributed by atoms with Gasteiger partial charge in [0.25, 0.3) is 0 Å². The lowest BCUT2D eigenvalue weighted by molar-refractivity contribution is 0.127. The molecule has 0 amide bonds. The maximum Gasteiger partial charge on any atom is 0.214 e. The first-order valence-electron chi connectivity index (χ1n) is 7.21. The summed E-state index contributed by atoms with van der Waals surface area (Å²) in [5.41, 5.74) is 0.143. The molecule has 0 aliphatic carbocycles. The summed E-state index contributed by atoms with van der Waals surface area (Å²) < 4.78 is 32.2. The number of sulfonamides is 1. The van der Waals surface area contributed by atoms with Gasteiger partial charge in [-0.25, -0.2) is 13.1 Å². The summed E-state index contributed by atoms with van der Waals surface area (Å²) in [7, 11) is -3.23. The molecule has 2 saturated heterocycles. The minimum atomic E-state index is -3.23. The Balaban J connectivity index is 1.82. The lowest BCUT2D eigenvalue weighted by Gasteiger charge is -2.39. The molecule has 0 saturated carbocycles. The van der Waals surface area contributed by atoms with E-state index in [1.54, 1.807) is 0 Å². The molecular weight excluding hydrogens is 264 g/mol. The van der Waals surface area contributed by atoms with E-state index in [0.29, 0.717) is 13.2 Å². The summed E-state index contributed by atoms with van der Waals surface area (Å²) in [5, 5.41) is 3.42. The summed E-state index contributed by atoms with van der Waals surface area (Å²) >= 11 is 0. The van der Waals surface area contributed by atoms with Gasteiger partial charge in [-0.05, 0) is 37.6 Å². The van der Waals surface area contributed by atoms with Gasteiger partial charge in [-0.1, -0.05) is 13.8 Å². The highest BCUT2D eigenvalue weighted by Crippen LogP contribution is 2.29. The Kier molecular flexibility index (Phi) is 4.87. The standard InChI is InChI=1S/C13H26N2O3S/c1-13(2)6-4-7-14-12(13)9-15-19(16,17)10-11-5-3-8-18-11/h11-12,14-15H,3-10H2,1-2H3. The number of hydrogen-bond donors (Lipinski definition) is 2. The SMILES string of the molecule is CC1(C)CCCNC1CNS(=O)(=O)CC1CCCO1. The first-order chi connectivity index (χ1) is 8.89. The largest absolute Gasteiger partial charge is 0.377 e. The zero-order valence-electron chi connectivity index (χ0n) is 11.9. The lowest BCUT2D eigenvalue weighted by atomic mass is 9.78. The Morgan fingerprint density at radius 3 is 2.79 bits per heavy atom. The van der Waals surface area contributed by atoms with E-state index in [2.05, 4.69) is 23.9 Å². The highest BCUT2D eigenvalue weighted by molar-refractivity contribution is 7.89. The van der Waals surface area contributed by atoms with Gasteiger partial charge in [-0.15, -0.1) is 0 Å². The Morgan fingerprint density at radius 2 is 2.16 bits per heavy atom. The fraction of sp³-hybridized carbons (Fsp3) is 1.00. The Hall–Kier alpha value is -0.170. The number of ether oxygens (including phenoxy) is 1. The average molecular weight is 290 g/mol. The van der Waals surface area contributed by atoms with Crippen molar-refractivity contribution in [3.63, 3.8) is 0 Å². The minimum absolute atomic E-state index is 0.0974.